The maximum Gasteiger partial charge on any atom is 0.255 e. The maximum absolute atomic E-state index is 12.3. The highest BCUT2D eigenvalue weighted by molar-refractivity contribution is 9.10. The number of amides is 1. The first-order valence-electron chi connectivity index (χ1n) is 6.47. The van der Waals surface area contributed by atoms with Crippen LogP contribution < -0.4 is 11.1 Å². The molecule has 0 aliphatic carbocycles. The van der Waals surface area contributed by atoms with Crippen molar-refractivity contribution in [2.45, 2.75) is 20.3 Å². The quantitative estimate of drug-likeness (QED) is 0.829. The topological polar surface area (TPSA) is 55.1 Å². The zero-order valence-corrected chi connectivity index (χ0v) is 13.1. The van der Waals surface area contributed by atoms with Crippen LogP contribution in [0.3, 0.4) is 0 Å². The van der Waals surface area contributed by atoms with Gasteiger partial charge < -0.3 is 11.1 Å². The molecule has 3 N–H and O–H groups in total. The fourth-order valence-corrected chi connectivity index (χ4v) is 2.43. The van der Waals surface area contributed by atoms with Crippen LogP contribution in [0.15, 0.2) is 40.9 Å². The van der Waals surface area contributed by atoms with Gasteiger partial charge >= 0.3 is 0 Å². The van der Waals surface area contributed by atoms with Gasteiger partial charge in [0.15, 0.2) is 0 Å². The van der Waals surface area contributed by atoms with E-state index in [0.717, 1.165) is 27.7 Å². The second kappa shape index (κ2) is 6.09. The van der Waals surface area contributed by atoms with Crippen LogP contribution in [0.25, 0.3) is 0 Å². The minimum atomic E-state index is -0.130. The molecule has 0 atom stereocenters. The minimum absolute atomic E-state index is 0.130. The van der Waals surface area contributed by atoms with Crippen LogP contribution in [0.1, 0.15) is 28.4 Å². The standard InChI is InChI=1S/C16H17BrN2O/c1-3-11-6-4-5-10(2)15(11)19-16(20)12-7-8-14(18)13(17)9-12/h4-9H,3,18H2,1-2H3,(H,19,20). The molecule has 0 aromatic heterocycles. The average molecular weight is 333 g/mol. The van der Waals surface area contributed by atoms with Gasteiger partial charge in [-0.15, -0.1) is 0 Å². The molecule has 0 fully saturated rings. The summed E-state index contributed by atoms with van der Waals surface area (Å²) < 4.78 is 0.727. The monoisotopic (exact) mass is 332 g/mol. The number of nitrogens with one attached hydrogen (secondary N) is 1. The Balaban J connectivity index is 2.30. The van der Waals surface area contributed by atoms with Crippen molar-refractivity contribution in [1.82, 2.24) is 0 Å². The Morgan fingerprint density at radius 1 is 1.30 bits per heavy atom. The molecule has 3 nitrogen and oxygen atoms in total. The van der Waals surface area contributed by atoms with Gasteiger partial charge in [-0.3, -0.25) is 4.79 Å². The third-order valence-corrected chi connectivity index (χ3v) is 3.93. The second-order valence-corrected chi connectivity index (χ2v) is 5.51. The van der Waals surface area contributed by atoms with Crippen molar-refractivity contribution in [1.29, 1.82) is 0 Å². The lowest BCUT2D eigenvalue weighted by Gasteiger charge is -2.13. The van der Waals surface area contributed by atoms with Crippen molar-refractivity contribution in [3.8, 4) is 0 Å². The van der Waals surface area contributed by atoms with Crippen molar-refractivity contribution in [3.05, 3.63) is 57.6 Å². The van der Waals surface area contributed by atoms with Gasteiger partial charge in [-0.05, 0) is 58.6 Å². The number of carbonyl (C=O) groups is 1. The number of hydrogen-bond acceptors (Lipinski definition) is 2. The first-order chi connectivity index (χ1) is 9.52. The number of carbonyl (C=O) groups excluding carboxylic acids is 1. The van der Waals surface area contributed by atoms with Crippen LogP contribution in [0.4, 0.5) is 11.4 Å². The van der Waals surface area contributed by atoms with E-state index in [0.29, 0.717) is 11.3 Å². The predicted octanol–water partition coefficient (Wildman–Crippen LogP) is 4.15. The molecule has 0 saturated heterocycles. The lowest BCUT2D eigenvalue weighted by Crippen LogP contribution is -2.14. The van der Waals surface area contributed by atoms with E-state index in [2.05, 4.69) is 28.2 Å². The van der Waals surface area contributed by atoms with E-state index < -0.39 is 0 Å². The summed E-state index contributed by atoms with van der Waals surface area (Å²) in [6.45, 7) is 4.07. The molecule has 0 spiro atoms. The normalized spacial score (nSPS) is 10.3. The summed E-state index contributed by atoms with van der Waals surface area (Å²) in [7, 11) is 0. The lowest BCUT2D eigenvalue weighted by atomic mass is 10.1. The minimum Gasteiger partial charge on any atom is -0.398 e. The van der Waals surface area contributed by atoms with E-state index in [1.54, 1.807) is 18.2 Å². The van der Waals surface area contributed by atoms with Crippen LogP contribution in [0.2, 0.25) is 0 Å². The first-order valence-corrected chi connectivity index (χ1v) is 7.27. The average Bonchev–Trinajstić information content (AvgIpc) is 2.44. The Labute approximate surface area is 127 Å². The molecular formula is C16H17BrN2O. The fourth-order valence-electron chi connectivity index (χ4n) is 2.06. The largest absolute Gasteiger partial charge is 0.398 e. The number of halogens is 1. The Morgan fingerprint density at radius 2 is 2.05 bits per heavy atom. The Hall–Kier alpha value is -1.81. The van der Waals surface area contributed by atoms with Gasteiger partial charge in [-0.2, -0.15) is 0 Å². The van der Waals surface area contributed by atoms with E-state index in [1.165, 1.54) is 0 Å². The number of rotatable bonds is 3. The molecule has 0 aliphatic rings. The van der Waals surface area contributed by atoms with Crippen LogP contribution >= 0.6 is 15.9 Å². The third kappa shape index (κ3) is 3.02. The highest BCUT2D eigenvalue weighted by Gasteiger charge is 2.11. The van der Waals surface area contributed by atoms with Gasteiger partial charge in [0.1, 0.15) is 0 Å². The third-order valence-electron chi connectivity index (χ3n) is 3.24. The first kappa shape index (κ1) is 14.6. The van der Waals surface area contributed by atoms with E-state index in [-0.39, 0.29) is 5.91 Å². The highest BCUT2D eigenvalue weighted by atomic mass is 79.9. The smallest absolute Gasteiger partial charge is 0.255 e. The Bertz CT molecular complexity index is 653. The second-order valence-electron chi connectivity index (χ2n) is 4.65. The summed E-state index contributed by atoms with van der Waals surface area (Å²) in [6.07, 6.45) is 0.878. The zero-order valence-electron chi connectivity index (χ0n) is 11.5. The van der Waals surface area contributed by atoms with Gasteiger partial charge in [0.2, 0.25) is 0 Å². The lowest BCUT2D eigenvalue weighted by molar-refractivity contribution is 0.102. The summed E-state index contributed by atoms with van der Waals surface area (Å²) >= 11 is 3.34. The molecule has 20 heavy (non-hydrogen) atoms. The Kier molecular flexibility index (Phi) is 4.45. The van der Waals surface area contributed by atoms with E-state index in [4.69, 9.17) is 5.73 Å². The van der Waals surface area contributed by atoms with Crippen molar-refractivity contribution in [2.24, 2.45) is 0 Å². The molecular weight excluding hydrogens is 316 g/mol. The number of aryl methyl sites for hydroxylation is 2. The van der Waals surface area contributed by atoms with Crippen LogP contribution in [-0.4, -0.2) is 5.91 Å². The van der Waals surface area contributed by atoms with Crippen LogP contribution in [0.5, 0.6) is 0 Å². The Morgan fingerprint density at radius 3 is 2.70 bits per heavy atom. The fraction of sp³-hybridized carbons (Fsp3) is 0.188. The van der Waals surface area contributed by atoms with Crippen LogP contribution in [0, 0.1) is 6.92 Å². The summed E-state index contributed by atoms with van der Waals surface area (Å²) in [6, 6.07) is 11.2. The molecule has 2 aromatic rings. The van der Waals surface area contributed by atoms with Crippen LogP contribution in [-0.2, 0) is 6.42 Å². The number of benzene rings is 2. The van der Waals surface area contributed by atoms with Gasteiger partial charge in [-0.25, -0.2) is 0 Å². The summed E-state index contributed by atoms with van der Waals surface area (Å²) in [5, 5.41) is 2.99. The van der Waals surface area contributed by atoms with E-state index in [1.807, 2.05) is 25.1 Å². The predicted molar refractivity (Wildman–Crippen MR) is 87.1 cm³/mol. The molecule has 4 heteroatoms. The van der Waals surface area contributed by atoms with E-state index in [9.17, 15) is 4.79 Å². The number of hydrogen-bond donors (Lipinski definition) is 2. The van der Waals surface area contributed by atoms with Gasteiger partial charge in [0, 0.05) is 21.4 Å². The number of nitrogen functional groups attached to an aromatic ring is 1. The van der Waals surface area contributed by atoms with Crippen molar-refractivity contribution in [3.63, 3.8) is 0 Å². The molecule has 0 saturated carbocycles. The SMILES string of the molecule is CCc1cccc(C)c1NC(=O)c1ccc(N)c(Br)c1. The summed E-state index contributed by atoms with van der Waals surface area (Å²) in [4.78, 5) is 12.3. The van der Waals surface area contributed by atoms with Crippen molar-refractivity contribution < 1.29 is 4.79 Å². The molecule has 0 bridgehead atoms. The maximum atomic E-state index is 12.3. The summed E-state index contributed by atoms with van der Waals surface area (Å²) in [5.41, 5.74) is 10.0. The highest BCUT2D eigenvalue weighted by Crippen LogP contribution is 2.24. The molecule has 0 unspecified atom stereocenters. The molecule has 0 heterocycles. The molecule has 2 aromatic carbocycles. The number of para-hydroxylation sites is 1. The van der Waals surface area contributed by atoms with Gasteiger partial charge in [0.25, 0.3) is 5.91 Å². The van der Waals surface area contributed by atoms with Gasteiger partial charge in [-0.1, -0.05) is 25.1 Å². The van der Waals surface area contributed by atoms with Crippen molar-refractivity contribution in [2.75, 3.05) is 11.1 Å². The zero-order chi connectivity index (χ0) is 14.7. The molecule has 104 valence electrons. The van der Waals surface area contributed by atoms with Crippen molar-refractivity contribution >= 4 is 33.2 Å². The number of nitrogens with two attached hydrogens (primary N) is 1. The molecule has 0 aliphatic heterocycles. The molecule has 0 radical (unpaired) electrons. The number of anilines is 2. The molecule has 1 amide bonds. The summed E-state index contributed by atoms with van der Waals surface area (Å²) in [5.74, 6) is -0.130. The molecule has 2 rings (SSSR count). The van der Waals surface area contributed by atoms with E-state index >= 15 is 0 Å². The van der Waals surface area contributed by atoms with Gasteiger partial charge in [0.05, 0.1) is 0 Å².